The van der Waals surface area contributed by atoms with Crippen LogP contribution in [0.1, 0.15) is 2.85 Å². The normalized spacial score (nSPS) is 8.57. The first-order valence-corrected chi connectivity index (χ1v) is 2.68. The summed E-state index contributed by atoms with van der Waals surface area (Å²) in [6, 6.07) is 0. The van der Waals surface area contributed by atoms with Crippen LogP contribution in [0, 0.1) is 39.9 Å². The van der Waals surface area contributed by atoms with Gasteiger partial charge in [-0.3, -0.25) is 0 Å². The molecule has 0 unspecified atom stereocenters. The van der Waals surface area contributed by atoms with Crippen LogP contribution < -0.4 is 0 Å². The fourth-order valence-corrected chi connectivity index (χ4v) is 0. The second kappa shape index (κ2) is 6.97. The average Bonchev–Trinajstić information content (AvgIpc) is 0.722. The maximum absolute atomic E-state index is 7.33. The van der Waals surface area contributed by atoms with Crippen LogP contribution in [0.15, 0.2) is 0 Å². The van der Waals surface area contributed by atoms with E-state index in [0.717, 1.165) is 0 Å². The summed E-state index contributed by atoms with van der Waals surface area (Å²) in [5, 5.41) is 0. The third-order valence-corrected chi connectivity index (χ3v) is 0. The van der Waals surface area contributed by atoms with Gasteiger partial charge in [-0.2, -0.15) is 0 Å². The Morgan fingerprint density at radius 3 is 1.00 bits per heavy atom. The van der Waals surface area contributed by atoms with Crippen molar-refractivity contribution in [1.82, 2.24) is 0 Å². The molecular formula is H6GdO4SiSr. The number of hydrogen-bond donors (Lipinski definition) is 4. The fourth-order valence-electron chi connectivity index (χ4n) is 0. The molecule has 0 aliphatic heterocycles. The van der Waals surface area contributed by atoms with Crippen LogP contribution in [-0.2, 0) is 0 Å². The van der Waals surface area contributed by atoms with E-state index in [9.17, 15) is 0 Å². The zero-order chi connectivity index (χ0) is 4.50. The molecule has 0 heterocycles. The van der Waals surface area contributed by atoms with E-state index in [1.165, 1.54) is 0 Å². The quantitative estimate of drug-likeness (QED) is 0.359. The zero-order valence-corrected chi connectivity index (χ0v) is 10.1. The van der Waals surface area contributed by atoms with Gasteiger partial charge in [-0.25, -0.2) is 0 Å². The fraction of sp³-hybridized carbons (Fsp3) is 0. The van der Waals surface area contributed by atoms with E-state index in [-0.39, 0.29) is 88.3 Å². The number of rotatable bonds is 0. The van der Waals surface area contributed by atoms with Crippen LogP contribution in [0.3, 0.4) is 0 Å². The SMILES string of the molecule is O[Si](O)(O)O.[Gd].[H-].[H-].[Sr+2]. The first kappa shape index (κ1) is 16.4. The van der Waals surface area contributed by atoms with Gasteiger partial charge in [0.25, 0.3) is 0 Å². The molecule has 0 bridgehead atoms. The monoisotopic (exact) mass is 344 g/mol. The molecule has 0 aromatic heterocycles. The van der Waals surface area contributed by atoms with E-state index in [1.807, 2.05) is 0 Å². The average molecular weight is 343 g/mol. The van der Waals surface area contributed by atoms with Crippen molar-refractivity contribution in [3.8, 4) is 0 Å². The summed E-state index contributed by atoms with van der Waals surface area (Å²) >= 11 is 0. The second-order valence-electron chi connectivity index (χ2n) is 0.600. The predicted octanol–water partition coefficient (Wildman–Crippen LogP) is -2.76. The maximum atomic E-state index is 7.33. The number of hydrogen-bond acceptors (Lipinski definition) is 4. The van der Waals surface area contributed by atoms with Crippen molar-refractivity contribution in [2.24, 2.45) is 0 Å². The van der Waals surface area contributed by atoms with Crippen LogP contribution in [0.4, 0.5) is 0 Å². The van der Waals surface area contributed by atoms with E-state index < -0.39 is 9.05 Å². The molecule has 0 aromatic rings. The molecule has 0 atom stereocenters. The summed E-state index contributed by atoms with van der Waals surface area (Å²) in [7, 11) is -4.61. The zero-order valence-electron chi connectivity index (χ0n) is 5.35. The molecule has 0 spiro atoms. The Morgan fingerprint density at radius 1 is 1.00 bits per heavy atom. The third-order valence-electron chi connectivity index (χ3n) is 0. The van der Waals surface area contributed by atoms with Gasteiger partial charge in [-0.15, -0.1) is 0 Å². The van der Waals surface area contributed by atoms with Crippen molar-refractivity contribution in [2.75, 3.05) is 0 Å². The molecule has 44 valence electrons. The molecule has 0 rings (SSSR count). The van der Waals surface area contributed by atoms with E-state index in [0.29, 0.717) is 0 Å². The van der Waals surface area contributed by atoms with Gasteiger partial charge < -0.3 is 22.0 Å². The molecule has 0 aliphatic rings. The first-order chi connectivity index (χ1) is 2.00. The summed E-state index contributed by atoms with van der Waals surface area (Å²) in [5.41, 5.74) is 0. The molecule has 0 radical (unpaired) electrons. The standard InChI is InChI=1S/Gd.H4O4Si.Sr.2H/c;1-5(2,3)4;;;/h;1-4H;;;/q;;+2;2*-1. The Kier molecular flexibility index (Phi) is 16.4. The van der Waals surface area contributed by atoms with Crippen molar-refractivity contribution in [3.63, 3.8) is 0 Å². The van der Waals surface area contributed by atoms with Crippen LogP contribution in [0.25, 0.3) is 0 Å². The molecule has 0 saturated heterocycles. The summed E-state index contributed by atoms with van der Waals surface area (Å²) in [5.74, 6) is 0. The van der Waals surface area contributed by atoms with Crippen molar-refractivity contribution < 1.29 is 62.0 Å². The van der Waals surface area contributed by atoms with Crippen molar-refractivity contribution >= 4 is 54.5 Å². The molecule has 7 heteroatoms. The van der Waals surface area contributed by atoms with Gasteiger partial charge in [0.15, 0.2) is 0 Å². The van der Waals surface area contributed by atoms with Gasteiger partial charge in [-0.05, 0) is 0 Å². The Bertz CT molecular complexity index is 34.0. The first-order valence-electron chi connectivity index (χ1n) is 0.894. The molecule has 0 aliphatic carbocycles. The molecule has 4 nitrogen and oxygen atoms in total. The third kappa shape index (κ3) is 50.9. The molecule has 0 amide bonds. The minimum atomic E-state index is -4.61. The molecule has 4 N–H and O–H groups in total. The Morgan fingerprint density at radius 2 is 1.00 bits per heavy atom. The summed E-state index contributed by atoms with van der Waals surface area (Å²) in [4.78, 5) is 29.3. The minimum absolute atomic E-state index is 0. The van der Waals surface area contributed by atoms with Crippen molar-refractivity contribution in [1.29, 1.82) is 0 Å². The van der Waals surface area contributed by atoms with Gasteiger partial charge in [0.2, 0.25) is 0 Å². The van der Waals surface area contributed by atoms with E-state index >= 15 is 0 Å². The van der Waals surface area contributed by atoms with E-state index in [4.69, 9.17) is 19.2 Å². The molecular weight excluding hydrogens is 337 g/mol. The minimum Gasteiger partial charge on any atom is -1.00 e. The van der Waals surface area contributed by atoms with Gasteiger partial charge >= 0.3 is 54.5 Å². The van der Waals surface area contributed by atoms with Gasteiger partial charge in [0.1, 0.15) is 0 Å². The second-order valence-corrected chi connectivity index (χ2v) is 1.80. The Labute approximate surface area is 114 Å². The van der Waals surface area contributed by atoms with E-state index in [2.05, 4.69) is 0 Å². The smallest absolute Gasteiger partial charge is 1.00 e. The van der Waals surface area contributed by atoms with Crippen molar-refractivity contribution in [2.45, 2.75) is 0 Å². The predicted molar refractivity (Wildman–Crippen MR) is 22.6 cm³/mol. The molecule has 0 saturated carbocycles. The molecule has 0 fully saturated rings. The van der Waals surface area contributed by atoms with E-state index in [1.54, 1.807) is 0 Å². The van der Waals surface area contributed by atoms with Crippen molar-refractivity contribution in [3.05, 3.63) is 0 Å². The Balaban J connectivity index is -0.0000000133. The summed E-state index contributed by atoms with van der Waals surface area (Å²) < 4.78 is 0. The van der Waals surface area contributed by atoms with Crippen LogP contribution in [-0.4, -0.2) is 73.7 Å². The summed E-state index contributed by atoms with van der Waals surface area (Å²) in [6.45, 7) is 0. The van der Waals surface area contributed by atoms with Gasteiger partial charge in [-0.1, -0.05) is 0 Å². The topological polar surface area (TPSA) is 80.9 Å². The maximum Gasteiger partial charge on any atom is 2.00 e. The molecule has 7 heavy (non-hydrogen) atoms. The van der Waals surface area contributed by atoms with Crippen LogP contribution >= 0.6 is 0 Å². The van der Waals surface area contributed by atoms with Crippen LogP contribution in [0.5, 0.6) is 0 Å². The van der Waals surface area contributed by atoms with Crippen LogP contribution in [0.2, 0.25) is 0 Å². The van der Waals surface area contributed by atoms with Gasteiger partial charge in [0, 0.05) is 39.9 Å². The summed E-state index contributed by atoms with van der Waals surface area (Å²) in [6.07, 6.45) is 0. The largest absolute Gasteiger partial charge is 2.00 e. The molecule has 0 aromatic carbocycles. The Hall–Kier alpha value is 2.86. The van der Waals surface area contributed by atoms with Gasteiger partial charge in [0.05, 0.1) is 0 Å².